The van der Waals surface area contributed by atoms with Crippen molar-refractivity contribution in [3.8, 4) is 0 Å². The first-order valence-corrected chi connectivity index (χ1v) is 8.55. The van der Waals surface area contributed by atoms with Crippen LogP contribution >= 0.6 is 12.4 Å². The molecule has 0 fully saturated rings. The molecule has 138 valence electrons. The van der Waals surface area contributed by atoms with Gasteiger partial charge in [0, 0.05) is 12.8 Å². The van der Waals surface area contributed by atoms with E-state index in [0.717, 1.165) is 31.2 Å². The average Bonchev–Trinajstić information content (AvgIpc) is 3.04. The van der Waals surface area contributed by atoms with Crippen LogP contribution < -0.4 is 11.1 Å². The molecule has 0 saturated heterocycles. The molecule has 0 saturated carbocycles. The molecule has 25 heavy (non-hydrogen) atoms. The lowest BCUT2D eigenvalue weighted by Crippen LogP contribution is -2.26. The van der Waals surface area contributed by atoms with E-state index in [1.54, 1.807) is 0 Å². The van der Waals surface area contributed by atoms with Crippen molar-refractivity contribution in [3.63, 3.8) is 0 Å². The number of aromatic nitrogens is 2. The molecule has 1 atom stereocenters. The minimum Gasteiger partial charge on any atom is -0.345 e. The molecule has 0 radical (unpaired) electrons. The van der Waals surface area contributed by atoms with E-state index in [2.05, 4.69) is 15.5 Å². The molecule has 1 aromatic carbocycles. The fraction of sp³-hybridized carbons (Fsp3) is 0.500. The monoisotopic (exact) mass is 366 g/mol. The van der Waals surface area contributed by atoms with Gasteiger partial charge in [0.25, 0.3) is 0 Å². The SMILES string of the molecule is CC(NC(=O)CCCCCCN)c1nc(Cc2ccccc2)no1.Cl. The highest BCUT2D eigenvalue weighted by Crippen LogP contribution is 2.13. The summed E-state index contributed by atoms with van der Waals surface area (Å²) in [5.74, 6) is 1.08. The minimum absolute atomic E-state index is 0. The standard InChI is InChI=1S/C18H26N4O2.ClH/c1-14(20-17(23)11-7-2-3-8-12-19)18-21-16(22-24-18)13-15-9-5-4-6-10-15;/h4-6,9-10,14H,2-3,7-8,11-13,19H2,1H3,(H,20,23);1H. The Bertz CT molecular complexity index is 619. The zero-order valence-corrected chi connectivity index (χ0v) is 15.4. The van der Waals surface area contributed by atoms with Crippen LogP contribution in [0.4, 0.5) is 0 Å². The lowest BCUT2D eigenvalue weighted by molar-refractivity contribution is -0.122. The number of nitrogens with two attached hydrogens (primary N) is 1. The van der Waals surface area contributed by atoms with Gasteiger partial charge in [-0.05, 0) is 31.9 Å². The number of benzene rings is 1. The second kappa shape index (κ2) is 11.6. The Morgan fingerprint density at radius 1 is 1.20 bits per heavy atom. The van der Waals surface area contributed by atoms with Crippen molar-refractivity contribution in [3.05, 3.63) is 47.6 Å². The van der Waals surface area contributed by atoms with Crippen molar-refractivity contribution in [2.45, 2.75) is 51.5 Å². The Morgan fingerprint density at radius 2 is 1.92 bits per heavy atom. The van der Waals surface area contributed by atoms with E-state index in [-0.39, 0.29) is 24.4 Å². The molecule has 0 spiro atoms. The van der Waals surface area contributed by atoms with Gasteiger partial charge in [-0.3, -0.25) is 4.79 Å². The fourth-order valence-corrected chi connectivity index (χ4v) is 2.45. The highest BCUT2D eigenvalue weighted by atomic mass is 35.5. The number of carbonyl (C=O) groups is 1. The van der Waals surface area contributed by atoms with Gasteiger partial charge in [0.2, 0.25) is 11.8 Å². The molecule has 1 amide bonds. The van der Waals surface area contributed by atoms with Gasteiger partial charge in [-0.1, -0.05) is 48.3 Å². The molecule has 1 heterocycles. The fourth-order valence-electron chi connectivity index (χ4n) is 2.45. The van der Waals surface area contributed by atoms with Crippen LogP contribution in [0.25, 0.3) is 0 Å². The molecular formula is C18H27ClN4O2. The number of carbonyl (C=O) groups excluding carboxylic acids is 1. The van der Waals surface area contributed by atoms with Crippen LogP contribution in [-0.2, 0) is 11.2 Å². The molecular weight excluding hydrogens is 340 g/mol. The lowest BCUT2D eigenvalue weighted by Gasteiger charge is -2.09. The molecule has 3 N–H and O–H groups in total. The van der Waals surface area contributed by atoms with Crippen LogP contribution in [0.1, 0.15) is 62.3 Å². The second-order valence-corrected chi connectivity index (χ2v) is 5.95. The van der Waals surface area contributed by atoms with Gasteiger partial charge in [0.1, 0.15) is 6.04 Å². The Morgan fingerprint density at radius 3 is 2.64 bits per heavy atom. The van der Waals surface area contributed by atoms with Gasteiger partial charge in [-0.2, -0.15) is 4.98 Å². The molecule has 0 aliphatic rings. The van der Waals surface area contributed by atoms with E-state index in [0.29, 0.717) is 31.1 Å². The van der Waals surface area contributed by atoms with Gasteiger partial charge in [-0.15, -0.1) is 12.4 Å². The summed E-state index contributed by atoms with van der Waals surface area (Å²) in [6.45, 7) is 2.57. The van der Waals surface area contributed by atoms with E-state index >= 15 is 0 Å². The molecule has 2 rings (SSSR count). The van der Waals surface area contributed by atoms with Crippen molar-refractivity contribution in [2.24, 2.45) is 5.73 Å². The number of hydrogen-bond donors (Lipinski definition) is 2. The highest BCUT2D eigenvalue weighted by molar-refractivity contribution is 5.85. The van der Waals surface area contributed by atoms with Crippen LogP contribution in [0.15, 0.2) is 34.9 Å². The molecule has 2 aromatic rings. The third kappa shape index (κ3) is 7.67. The Labute approximate surface area is 155 Å². The maximum Gasteiger partial charge on any atom is 0.248 e. The molecule has 1 aromatic heterocycles. The van der Waals surface area contributed by atoms with Gasteiger partial charge in [0.15, 0.2) is 5.82 Å². The van der Waals surface area contributed by atoms with E-state index in [1.807, 2.05) is 37.3 Å². The van der Waals surface area contributed by atoms with Crippen LogP contribution in [-0.4, -0.2) is 22.6 Å². The number of rotatable bonds is 10. The van der Waals surface area contributed by atoms with E-state index in [9.17, 15) is 4.79 Å². The summed E-state index contributed by atoms with van der Waals surface area (Å²) in [7, 11) is 0. The Balaban J connectivity index is 0.00000312. The summed E-state index contributed by atoms with van der Waals surface area (Å²) in [5.41, 5.74) is 6.57. The number of halogens is 1. The minimum atomic E-state index is -0.279. The first kappa shape index (κ1) is 21.1. The summed E-state index contributed by atoms with van der Waals surface area (Å²) in [6, 6.07) is 9.69. The van der Waals surface area contributed by atoms with Gasteiger partial charge >= 0.3 is 0 Å². The van der Waals surface area contributed by atoms with E-state index in [4.69, 9.17) is 10.3 Å². The van der Waals surface area contributed by atoms with Crippen molar-refractivity contribution in [1.29, 1.82) is 0 Å². The molecule has 0 bridgehead atoms. The molecule has 1 unspecified atom stereocenters. The predicted octanol–water partition coefficient (Wildman–Crippen LogP) is 3.17. The first-order valence-electron chi connectivity index (χ1n) is 8.55. The van der Waals surface area contributed by atoms with Crippen molar-refractivity contribution >= 4 is 18.3 Å². The Hall–Kier alpha value is -1.92. The summed E-state index contributed by atoms with van der Waals surface area (Å²) < 4.78 is 5.27. The normalized spacial score (nSPS) is 11.6. The van der Waals surface area contributed by atoms with Gasteiger partial charge in [0.05, 0.1) is 0 Å². The van der Waals surface area contributed by atoms with Crippen molar-refractivity contribution in [2.75, 3.05) is 6.54 Å². The van der Waals surface area contributed by atoms with E-state index < -0.39 is 0 Å². The second-order valence-electron chi connectivity index (χ2n) is 5.95. The topological polar surface area (TPSA) is 94.0 Å². The van der Waals surface area contributed by atoms with Crippen LogP contribution in [0.3, 0.4) is 0 Å². The molecule has 0 aliphatic heterocycles. The highest BCUT2D eigenvalue weighted by Gasteiger charge is 2.16. The summed E-state index contributed by atoms with van der Waals surface area (Å²) in [4.78, 5) is 16.3. The van der Waals surface area contributed by atoms with E-state index in [1.165, 1.54) is 0 Å². The third-order valence-corrected chi connectivity index (χ3v) is 3.79. The van der Waals surface area contributed by atoms with Crippen LogP contribution in [0, 0.1) is 0 Å². The lowest BCUT2D eigenvalue weighted by atomic mass is 10.1. The van der Waals surface area contributed by atoms with Crippen LogP contribution in [0.5, 0.6) is 0 Å². The molecule has 6 nitrogen and oxygen atoms in total. The van der Waals surface area contributed by atoms with Crippen molar-refractivity contribution < 1.29 is 9.32 Å². The maximum absolute atomic E-state index is 11.9. The molecule has 7 heteroatoms. The first-order chi connectivity index (χ1) is 11.7. The number of nitrogens with zero attached hydrogens (tertiary/aromatic N) is 2. The van der Waals surface area contributed by atoms with Crippen molar-refractivity contribution in [1.82, 2.24) is 15.5 Å². The smallest absolute Gasteiger partial charge is 0.248 e. The predicted molar refractivity (Wildman–Crippen MR) is 99.5 cm³/mol. The number of amides is 1. The maximum atomic E-state index is 11.9. The largest absolute Gasteiger partial charge is 0.345 e. The third-order valence-electron chi connectivity index (χ3n) is 3.79. The Kier molecular flexibility index (Phi) is 9.80. The zero-order valence-electron chi connectivity index (χ0n) is 14.6. The number of unbranched alkanes of at least 4 members (excludes halogenated alkanes) is 3. The van der Waals surface area contributed by atoms with Crippen LogP contribution in [0.2, 0.25) is 0 Å². The number of nitrogens with one attached hydrogen (secondary N) is 1. The van der Waals surface area contributed by atoms with Gasteiger partial charge < -0.3 is 15.6 Å². The summed E-state index contributed by atoms with van der Waals surface area (Å²) in [6.07, 6.45) is 5.13. The average molecular weight is 367 g/mol. The number of hydrogen-bond acceptors (Lipinski definition) is 5. The quantitative estimate of drug-likeness (QED) is 0.630. The summed E-state index contributed by atoms with van der Waals surface area (Å²) in [5, 5.41) is 6.89. The molecule has 0 aliphatic carbocycles. The van der Waals surface area contributed by atoms with Gasteiger partial charge in [-0.25, -0.2) is 0 Å². The summed E-state index contributed by atoms with van der Waals surface area (Å²) >= 11 is 0. The zero-order chi connectivity index (χ0) is 17.2.